The van der Waals surface area contributed by atoms with E-state index in [1.807, 2.05) is 88.4 Å². The van der Waals surface area contributed by atoms with Crippen LogP contribution in [0.15, 0.2) is 96.3 Å². The van der Waals surface area contributed by atoms with E-state index in [0.29, 0.717) is 0 Å². The Hall–Kier alpha value is -5.10. The third-order valence-electron chi connectivity index (χ3n) is 7.28. The van der Waals surface area contributed by atoms with Crippen LogP contribution in [-0.2, 0) is 9.59 Å². The summed E-state index contributed by atoms with van der Waals surface area (Å²) < 4.78 is 0. The zero-order chi connectivity index (χ0) is 28.6. The fraction of sp³-hybridized carbons (Fsp3) is 0.118. The molecule has 0 saturated carbocycles. The molecule has 4 aromatic rings. The van der Waals surface area contributed by atoms with Gasteiger partial charge in [0.1, 0.15) is 0 Å². The van der Waals surface area contributed by atoms with Crippen LogP contribution in [0.25, 0.3) is 22.3 Å². The van der Waals surface area contributed by atoms with Crippen LogP contribution in [0.2, 0.25) is 0 Å². The van der Waals surface area contributed by atoms with Crippen LogP contribution in [0.1, 0.15) is 22.3 Å². The maximum atomic E-state index is 13.0. The Kier molecular flexibility index (Phi) is 7.01. The minimum atomic E-state index is -0.272. The second-order valence-electron chi connectivity index (χ2n) is 10.3. The number of carbonyl (C=O) groups is 2. The second-order valence-corrected chi connectivity index (χ2v) is 10.3. The molecule has 0 heterocycles. The van der Waals surface area contributed by atoms with E-state index in [-0.39, 0.29) is 23.0 Å². The van der Waals surface area contributed by atoms with Crippen molar-refractivity contribution in [2.24, 2.45) is 0 Å². The Morgan fingerprint density at radius 2 is 0.800 bits per heavy atom. The Balaban J connectivity index is 1.30. The molecule has 6 N–H and O–H groups in total. The Morgan fingerprint density at radius 1 is 0.475 bits per heavy atom. The van der Waals surface area contributed by atoms with Gasteiger partial charge in [-0.25, -0.2) is 0 Å². The van der Waals surface area contributed by atoms with Crippen molar-refractivity contribution >= 4 is 34.3 Å². The maximum Gasteiger partial charge on any atom is 0.204 e. The molecule has 4 aromatic carbocycles. The molecule has 0 spiro atoms. The van der Waals surface area contributed by atoms with Gasteiger partial charge in [-0.3, -0.25) is 9.59 Å². The molecule has 0 saturated heterocycles. The molecule has 0 radical (unpaired) electrons. The van der Waals surface area contributed by atoms with E-state index in [0.717, 1.165) is 67.3 Å². The fourth-order valence-electron chi connectivity index (χ4n) is 4.72. The molecule has 5 rings (SSSR count). The maximum absolute atomic E-state index is 13.0. The van der Waals surface area contributed by atoms with Gasteiger partial charge in [0.2, 0.25) is 11.6 Å². The quantitative estimate of drug-likeness (QED) is 0.161. The summed E-state index contributed by atoms with van der Waals surface area (Å²) in [4.78, 5) is 26.0. The Bertz CT molecular complexity index is 1620. The average molecular weight is 529 g/mol. The van der Waals surface area contributed by atoms with E-state index in [4.69, 9.17) is 11.5 Å². The smallest absolute Gasteiger partial charge is 0.204 e. The van der Waals surface area contributed by atoms with Crippen molar-refractivity contribution in [3.05, 3.63) is 119 Å². The van der Waals surface area contributed by atoms with Crippen LogP contribution in [0, 0.1) is 27.7 Å². The number of nitrogens with two attached hydrogens (primary N) is 2. The van der Waals surface area contributed by atoms with Crippen molar-refractivity contribution in [2.75, 3.05) is 22.1 Å². The summed E-state index contributed by atoms with van der Waals surface area (Å²) in [7, 11) is 0. The predicted molar refractivity (Wildman–Crippen MR) is 165 cm³/mol. The number of rotatable bonds is 6. The van der Waals surface area contributed by atoms with Gasteiger partial charge < -0.3 is 22.1 Å². The lowest BCUT2D eigenvalue weighted by atomic mass is 9.99. The monoisotopic (exact) mass is 528 g/mol. The third-order valence-corrected chi connectivity index (χ3v) is 7.28. The summed E-state index contributed by atoms with van der Waals surface area (Å²) in [5, 5.41) is 6.30. The second kappa shape index (κ2) is 10.6. The lowest BCUT2D eigenvalue weighted by Gasteiger charge is -2.18. The van der Waals surface area contributed by atoms with Crippen molar-refractivity contribution in [2.45, 2.75) is 27.7 Å². The van der Waals surface area contributed by atoms with Gasteiger partial charge in [0.25, 0.3) is 0 Å². The molecular formula is C34H32N4O2. The molecule has 6 heteroatoms. The number of carbonyl (C=O) groups excluding carboxylic acids is 2. The van der Waals surface area contributed by atoms with Crippen molar-refractivity contribution in [1.82, 2.24) is 0 Å². The van der Waals surface area contributed by atoms with E-state index >= 15 is 0 Å². The Labute approximate surface area is 234 Å². The summed E-state index contributed by atoms with van der Waals surface area (Å²) in [6.07, 6.45) is 2.70. The molecule has 0 fully saturated rings. The lowest BCUT2D eigenvalue weighted by molar-refractivity contribution is -0.115. The topological polar surface area (TPSA) is 110 Å². The highest BCUT2D eigenvalue weighted by molar-refractivity contribution is 6.22. The summed E-state index contributed by atoms with van der Waals surface area (Å²) in [6, 6.07) is 23.8. The molecule has 40 heavy (non-hydrogen) atoms. The van der Waals surface area contributed by atoms with Crippen molar-refractivity contribution in [1.29, 1.82) is 0 Å². The third kappa shape index (κ3) is 5.38. The molecular weight excluding hydrogens is 496 g/mol. The number of hydrogen-bond acceptors (Lipinski definition) is 6. The highest BCUT2D eigenvalue weighted by atomic mass is 16.1. The molecule has 0 aliphatic heterocycles. The first-order chi connectivity index (χ1) is 19.1. The first-order valence-electron chi connectivity index (χ1n) is 13.1. The number of hydrogen-bond donors (Lipinski definition) is 4. The Morgan fingerprint density at radius 3 is 1.12 bits per heavy atom. The van der Waals surface area contributed by atoms with Gasteiger partial charge in [-0.2, -0.15) is 0 Å². The fourth-order valence-corrected chi connectivity index (χ4v) is 4.72. The standard InChI is InChI=1S/C34H32N4O2/c1-19-13-23(5-9-27(19)35)25-7-11-29(21(3)15-25)37-31-17-34(40)32(18-33(31)39)38-30-12-8-26(16-22(30)4)24-6-10-28(36)20(2)14-24/h5-18,37-38H,35-36H2,1-4H3. The van der Waals surface area contributed by atoms with Gasteiger partial charge in [0, 0.05) is 34.9 Å². The van der Waals surface area contributed by atoms with Crippen LogP contribution in [0.4, 0.5) is 22.7 Å². The number of nitrogens with one attached hydrogen (secondary N) is 2. The zero-order valence-electron chi connectivity index (χ0n) is 23.1. The van der Waals surface area contributed by atoms with Crippen LogP contribution < -0.4 is 22.1 Å². The van der Waals surface area contributed by atoms with Gasteiger partial charge in [0.05, 0.1) is 11.4 Å². The lowest BCUT2D eigenvalue weighted by Crippen LogP contribution is -2.22. The highest BCUT2D eigenvalue weighted by Crippen LogP contribution is 2.30. The predicted octanol–water partition coefficient (Wildman–Crippen LogP) is 6.86. The average Bonchev–Trinajstić information content (AvgIpc) is 2.92. The van der Waals surface area contributed by atoms with E-state index in [1.54, 1.807) is 0 Å². The number of aryl methyl sites for hydroxylation is 4. The summed E-state index contributed by atoms with van der Waals surface area (Å²) >= 11 is 0. The van der Waals surface area contributed by atoms with Gasteiger partial charge in [-0.15, -0.1) is 0 Å². The first-order valence-corrected chi connectivity index (χ1v) is 13.1. The van der Waals surface area contributed by atoms with Crippen LogP contribution in [0.5, 0.6) is 0 Å². The minimum Gasteiger partial charge on any atom is -0.399 e. The highest BCUT2D eigenvalue weighted by Gasteiger charge is 2.21. The van der Waals surface area contributed by atoms with E-state index < -0.39 is 0 Å². The van der Waals surface area contributed by atoms with Gasteiger partial charge >= 0.3 is 0 Å². The summed E-state index contributed by atoms with van der Waals surface area (Å²) in [5.41, 5.74) is 23.6. The summed E-state index contributed by atoms with van der Waals surface area (Å²) in [5.74, 6) is -0.544. The number of anilines is 4. The van der Waals surface area contributed by atoms with Crippen molar-refractivity contribution in [3.63, 3.8) is 0 Å². The van der Waals surface area contributed by atoms with Crippen molar-refractivity contribution in [3.8, 4) is 22.3 Å². The molecule has 0 aromatic heterocycles. The minimum absolute atomic E-state index is 0.237. The van der Waals surface area contributed by atoms with Gasteiger partial charge in [0.15, 0.2) is 0 Å². The van der Waals surface area contributed by atoms with E-state index in [2.05, 4.69) is 22.8 Å². The zero-order valence-corrected chi connectivity index (χ0v) is 23.1. The van der Waals surface area contributed by atoms with E-state index in [9.17, 15) is 9.59 Å². The molecule has 1 aliphatic rings. The number of benzene rings is 4. The van der Waals surface area contributed by atoms with Crippen LogP contribution in [0.3, 0.4) is 0 Å². The van der Waals surface area contributed by atoms with Gasteiger partial charge in [-0.05, 0) is 121 Å². The molecule has 0 amide bonds. The summed E-state index contributed by atoms with van der Waals surface area (Å²) in [6.45, 7) is 7.89. The molecule has 0 atom stereocenters. The molecule has 1 aliphatic carbocycles. The number of allylic oxidation sites excluding steroid dienone is 2. The number of nitrogen functional groups attached to an aromatic ring is 2. The normalized spacial score (nSPS) is 13.1. The van der Waals surface area contributed by atoms with E-state index in [1.165, 1.54) is 12.2 Å². The molecule has 6 nitrogen and oxygen atoms in total. The first kappa shape index (κ1) is 26.5. The number of ketones is 2. The largest absolute Gasteiger partial charge is 0.399 e. The molecule has 0 bridgehead atoms. The molecule has 0 unspecified atom stereocenters. The van der Waals surface area contributed by atoms with Gasteiger partial charge in [-0.1, -0.05) is 24.3 Å². The van der Waals surface area contributed by atoms with Crippen LogP contribution in [-0.4, -0.2) is 11.6 Å². The van der Waals surface area contributed by atoms with Crippen LogP contribution >= 0.6 is 0 Å². The SMILES string of the molecule is Cc1cc(-c2ccc(NC3=CC(=O)C(Nc4ccc(-c5ccc(N)c(C)c5)cc4C)=CC3=O)c(C)c2)ccc1N. The molecule has 200 valence electrons. The van der Waals surface area contributed by atoms with Crippen molar-refractivity contribution < 1.29 is 9.59 Å².